The van der Waals surface area contributed by atoms with Crippen molar-refractivity contribution in [3.8, 4) is 28.7 Å². The van der Waals surface area contributed by atoms with Crippen molar-refractivity contribution in [2.24, 2.45) is 0 Å². The SMILES string of the molecule is COc1cc2c(=O)c3c(O)c(CC=C(C)C)c(O)c(CC=C(C)C)c3oc2c(O)c1O. The van der Waals surface area contributed by atoms with Gasteiger partial charge in [0.15, 0.2) is 11.3 Å². The van der Waals surface area contributed by atoms with Gasteiger partial charge in [-0.2, -0.15) is 0 Å². The van der Waals surface area contributed by atoms with E-state index in [0.717, 1.165) is 11.1 Å². The largest absolute Gasteiger partial charge is 0.507 e. The predicted octanol–water partition coefficient (Wildman–Crippen LogP) is 4.79. The van der Waals surface area contributed by atoms with Crippen molar-refractivity contribution < 1.29 is 29.6 Å². The van der Waals surface area contributed by atoms with Gasteiger partial charge in [0, 0.05) is 11.1 Å². The van der Waals surface area contributed by atoms with Crippen molar-refractivity contribution in [2.75, 3.05) is 7.11 Å². The highest BCUT2D eigenvalue weighted by molar-refractivity contribution is 5.99. The fourth-order valence-electron chi connectivity index (χ4n) is 3.41. The third kappa shape index (κ3) is 3.79. The van der Waals surface area contributed by atoms with Crippen LogP contribution in [0.15, 0.2) is 38.6 Å². The van der Waals surface area contributed by atoms with Crippen molar-refractivity contribution in [1.29, 1.82) is 0 Å². The number of allylic oxidation sites excluding steroid dienone is 4. The van der Waals surface area contributed by atoms with Crippen molar-refractivity contribution in [1.82, 2.24) is 0 Å². The van der Waals surface area contributed by atoms with Crippen molar-refractivity contribution >= 4 is 21.9 Å². The Morgan fingerprint density at radius 2 is 1.45 bits per heavy atom. The lowest BCUT2D eigenvalue weighted by molar-refractivity contribution is 0.351. The van der Waals surface area contributed by atoms with Crippen LogP contribution in [0.5, 0.6) is 28.7 Å². The summed E-state index contributed by atoms with van der Waals surface area (Å²) in [6, 6.07) is 1.24. The molecule has 0 fully saturated rings. The lowest BCUT2D eigenvalue weighted by atomic mass is 9.96. The second kappa shape index (κ2) is 8.26. The van der Waals surface area contributed by atoms with E-state index in [1.165, 1.54) is 13.2 Å². The molecule has 0 atom stereocenters. The van der Waals surface area contributed by atoms with E-state index in [-0.39, 0.29) is 57.6 Å². The average Bonchev–Trinajstić information content (AvgIpc) is 2.70. The zero-order chi connectivity index (χ0) is 23.0. The number of fused-ring (bicyclic) bond motifs is 2. The number of methoxy groups -OCH3 is 1. The van der Waals surface area contributed by atoms with Crippen LogP contribution < -0.4 is 10.2 Å². The van der Waals surface area contributed by atoms with Crippen LogP contribution >= 0.6 is 0 Å². The van der Waals surface area contributed by atoms with Gasteiger partial charge in [0.2, 0.25) is 16.9 Å². The maximum absolute atomic E-state index is 13.4. The van der Waals surface area contributed by atoms with Gasteiger partial charge in [-0.25, -0.2) is 0 Å². The number of hydrogen-bond donors (Lipinski definition) is 4. The summed E-state index contributed by atoms with van der Waals surface area (Å²) in [5.41, 5.74) is 1.57. The predicted molar refractivity (Wildman–Crippen MR) is 119 cm³/mol. The van der Waals surface area contributed by atoms with Gasteiger partial charge in [0.05, 0.1) is 12.5 Å². The van der Waals surface area contributed by atoms with Crippen LogP contribution in [0.4, 0.5) is 0 Å². The Hall–Kier alpha value is -3.61. The lowest BCUT2D eigenvalue weighted by Crippen LogP contribution is -2.07. The van der Waals surface area contributed by atoms with Crippen LogP contribution in [0.25, 0.3) is 21.9 Å². The number of phenols is 4. The number of rotatable bonds is 5. The average molecular weight is 426 g/mol. The summed E-state index contributed by atoms with van der Waals surface area (Å²) >= 11 is 0. The maximum Gasteiger partial charge on any atom is 0.205 e. The zero-order valence-corrected chi connectivity index (χ0v) is 18.2. The van der Waals surface area contributed by atoms with E-state index < -0.39 is 16.9 Å². The van der Waals surface area contributed by atoms with Crippen LogP contribution in [-0.2, 0) is 12.8 Å². The van der Waals surface area contributed by atoms with Gasteiger partial charge in [0.1, 0.15) is 22.5 Å². The molecule has 0 amide bonds. The first-order valence-electron chi connectivity index (χ1n) is 9.80. The number of benzene rings is 2. The van der Waals surface area contributed by atoms with Crippen molar-refractivity contribution in [3.05, 3.63) is 50.7 Å². The molecule has 0 unspecified atom stereocenters. The van der Waals surface area contributed by atoms with Crippen molar-refractivity contribution in [3.63, 3.8) is 0 Å². The molecule has 0 saturated carbocycles. The Labute approximate surface area is 179 Å². The summed E-state index contributed by atoms with van der Waals surface area (Å²) in [5, 5.41) is 42.2. The number of aromatic hydroxyl groups is 4. The standard InChI is InChI=1S/C24H26O7/c1-11(2)6-8-13-18(25)14(9-7-12(3)4)23-17(19(13)26)20(27)15-10-16(30-5)21(28)22(29)24(15)31-23/h6-7,10,25-26,28-29H,8-9H2,1-5H3. The zero-order valence-electron chi connectivity index (χ0n) is 18.2. The fourth-order valence-corrected chi connectivity index (χ4v) is 3.41. The Bertz CT molecular complexity index is 1300. The highest BCUT2D eigenvalue weighted by Gasteiger charge is 2.25. The molecular formula is C24H26O7. The molecule has 1 aromatic heterocycles. The maximum atomic E-state index is 13.4. The molecule has 3 aromatic rings. The van der Waals surface area contributed by atoms with Crippen LogP contribution in [0, 0.1) is 0 Å². The smallest absolute Gasteiger partial charge is 0.205 e. The Balaban J connectivity index is 2.54. The molecule has 0 spiro atoms. The molecule has 0 aliphatic heterocycles. The first kappa shape index (κ1) is 22.1. The normalized spacial score (nSPS) is 11.0. The van der Waals surface area contributed by atoms with Crippen LogP contribution in [0.3, 0.4) is 0 Å². The first-order valence-corrected chi connectivity index (χ1v) is 9.80. The summed E-state index contributed by atoms with van der Waals surface area (Å²) in [7, 11) is 1.29. The number of hydrogen-bond acceptors (Lipinski definition) is 7. The van der Waals surface area contributed by atoms with E-state index in [4.69, 9.17) is 9.15 Å². The molecule has 2 aromatic carbocycles. The molecular weight excluding hydrogens is 400 g/mol. The van der Waals surface area contributed by atoms with Gasteiger partial charge < -0.3 is 29.6 Å². The van der Waals surface area contributed by atoms with Gasteiger partial charge >= 0.3 is 0 Å². The minimum Gasteiger partial charge on any atom is -0.507 e. The molecule has 4 N–H and O–H groups in total. The molecule has 0 aliphatic carbocycles. The third-order valence-electron chi connectivity index (χ3n) is 5.11. The quantitative estimate of drug-likeness (QED) is 0.263. The minimum atomic E-state index is -0.658. The Morgan fingerprint density at radius 3 is 2.00 bits per heavy atom. The van der Waals surface area contributed by atoms with E-state index in [1.54, 1.807) is 0 Å². The van der Waals surface area contributed by atoms with Crippen LogP contribution in [-0.4, -0.2) is 27.5 Å². The van der Waals surface area contributed by atoms with Gasteiger partial charge in [-0.3, -0.25) is 4.79 Å². The monoisotopic (exact) mass is 426 g/mol. The molecule has 7 nitrogen and oxygen atoms in total. The van der Waals surface area contributed by atoms with Crippen molar-refractivity contribution in [2.45, 2.75) is 40.5 Å². The number of phenolic OH excluding ortho intramolecular Hbond substituents is 4. The molecule has 31 heavy (non-hydrogen) atoms. The van der Waals surface area contributed by atoms with Crippen LogP contribution in [0.2, 0.25) is 0 Å². The van der Waals surface area contributed by atoms with E-state index in [9.17, 15) is 25.2 Å². The molecule has 0 radical (unpaired) electrons. The van der Waals surface area contributed by atoms with Gasteiger partial charge in [-0.05, 0) is 46.6 Å². The molecule has 3 rings (SSSR count). The second-order valence-electron chi connectivity index (χ2n) is 7.91. The second-order valence-corrected chi connectivity index (χ2v) is 7.91. The molecule has 0 aliphatic rings. The summed E-state index contributed by atoms with van der Waals surface area (Å²) < 4.78 is 10.8. The molecule has 0 bridgehead atoms. The minimum absolute atomic E-state index is 0.0502. The van der Waals surface area contributed by atoms with Gasteiger partial charge in [-0.15, -0.1) is 0 Å². The lowest BCUT2D eigenvalue weighted by Gasteiger charge is -2.15. The van der Waals surface area contributed by atoms with Gasteiger partial charge in [0.25, 0.3) is 0 Å². The Kier molecular flexibility index (Phi) is 5.88. The summed E-state index contributed by atoms with van der Waals surface area (Å²) in [4.78, 5) is 13.4. The Morgan fingerprint density at radius 1 is 0.871 bits per heavy atom. The fraction of sp³-hybridized carbons (Fsp3) is 0.292. The first-order chi connectivity index (χ1) is 14.6. The molecule has 1 heterocycles. The highest BCUT2D eigenvalue weighted by Crippen LogP contribution is 2.45. The summed E-state index contributed by atoms with van der Waals surface area (Å²) in [5.74, 6) is -1.90. The summed E-state index contributed by atoms with van der Waals surface area (Å²) in [6.07, 6.45) is 4.15. The highest BCUT2D eigenvalue weighted by atomic mass is 16.5. The summed E-state index contributed by atoms with van der Waals surface area (Å²) in [6.45, 7) is 7.57. The topological polar surface area (TPSA) is 120 Å². The molecule has 0 saturated heterocycles. The molecule has 7 heteroatoms. The third-order valence-corrected chi connectivity index (χ3v) is 5.11. The van der Waals surface area contributed by atoms with E-state index in [1.807, 2.05) is 39.8 Å². The number of ether oxygens (including phenoxy) is 1. The molecule has 164 valence electrons. The van der Waals surface area contributed by atoms with E-state index in [0.29, 0.717) is 5.56 Å². The van der Waals surface area contributed by atoms with E-state index in [2.05, 4.69) is 0 Å². The van der Waals surface area contributed by atoms with Crippen LogP contribution in [0.1, 0.15) is 38.8 Å². The van der Waals surface area contributed by atoms with Gasteiger partial charge in [-0.1, -0.05) is 23.3 Å². The van der Waals surface area contributed by atoms with E-state index >= 15 is 0 Å².